The second kappa shape index (κ2) is 6.98. The number of halogens is 5. The van der Waals surface area contributed by atoms with Gasteiger partial charge in [0.1, 0.15) is 11.6 Å². The Morgan fingerprint density at radius 3 is 2.05 bits per heavy atom. The van der Waals surface area contributed by atoms with Crippen LogP contribution in [0.1, 0.15) is 22.7 Å². The summed E-state index contributed by atoms with van der Waals surface area (Å²) in [6, 6.07) is 9.17. The molecule has 22 heavy (non-hydrogen) atoms. The van der Waals surface area contributed by atoms with Gasteiger partial charge >= 0.3 is 6.36 Å². The summed E-state index contributed by atoms with van der Waals surface area (Å²) >= 11 is 0. The van der Waals surface area contributed by atoms with Crippen molar-refractivity contribution >= 4 is 12.4 Å². The molecule has 0 radical (unpaired) electrons. The van der Waals surface area contributed by atoms with E-state index in [1.807, 2.05) is 0 Å². The summed E-state index contributed by atoms with van der Waals surface area (Å²) in [5.41, 5.74) is 7.59. The van der Waals surface area contributed by atoms with E-state index in [4.69, 9.17) is 5.73 Å². The number of hydrogen-bond acceptors (Lipinski definition) is 2. The van der Waals surface area contributed by atoms with E-state index in [2.05, 4.69) is 4.74 Å². The number of ether oxygens (including phenoxy) is 1. The van der Waals surface area contributed by atoms with Crippen molar-refractivity contribution in [3.8, 4) is 5.75 Å². The van der Waals surface area contributed by atoms with Crippen molar-refractivity contribution in [2.75, 3.05) is 0 Å². The molecule has 0 aliphatic carbocycles. The van der Waals surface area contributed by atoms with Crippen molar-refractivity contribution in [1.82, 2.24) is 0 Å². The van der Waals surface area contributed by atoms with E-state index in [-0.39, 0.29) is 24.0 Å². The van der Waals surface area contributed by atoms with Gasteiger partial charge in [0.15, 0.2) is 0 Å². The van der Waals surface area contributed by atoms with Crippen molar-refractivity contribution < 1.29 is 22.3 Å². The van der Waals surface area contributed by atoms with Gasteiger partial charge in [0.05, 0.1) is 6.04 Å². The van der Waals surface area contributed by atoms with Crippen molar-refractivity contribution in [3.05, 3.63) is 65.0 Å². The molecule has 2 rings (SSSR count). The summed E-state index contributed by atoms with van der Waals surface area (Å²) in [7, 11) is 0. The lowest BCUT2D eigenvalue weighted by molar-refractivity contribution is -0.274. The van der Waals surface area contributed by atoms with E-state index in [0.29, 0.717) is 16.7 Å². The fourth-order valence-corrected chi connectivity index (χ4v) is 1.87. The normalized spacial score (nSPS) is 12.5. The molecule has 0 fully saturated rings. The maximum absolute atomic E-state index is 13.5. The van der Waals surface area contributed by atoms with Gasteiger partial charge in [-0.25, -0.2) is 4.39 Å². The average molecular weight is 336 g/mol. The fraction of sp³-hybridized carbons (Fsp3) is 0.200. The highest BCUT2D eigenvalue weighted by Gasteiger charge is 2.31. The first kappa shape index (κ1) is 18.3. The first-order valence-electron chi connectivity index (χ1n) is 6.13. The van der Waals surface area contributed by atoms with Crippen LogP contribution in [0.15, 0.2) is 42.5 Å². The van der Waals surface area contributed by atoms with Crippen molar-refractivity contribution in [3.63, 3.8) is 0 Å². The summed E-state index contributed by atoms with van der Waals surface area (Å²) in [5.74, 6) is -0.700. The van der Waals surface area contributed by atoms with E-state index in [0.717, 1.165) is 0 Å². The van der Waals surface area contributed by atoms with Gasteiger partial charge in [0.2, 0.25) is 0 Å². The Morgan fingerprint density at radius 1 is 1.00 bits per heavy atom. The molecular formula is C15H14ClF4NO. The zero-order chi connectivity index (χ0) is 15.6. The molecule has 0 amide bonds. The highest BCUT2D eigenvalue weighted by Crippen LogP contribution is 2.26. The molecule has 0 saturated heterocycles. The Hall–Kier alpha value is -1.79. The highest BCUT2D eigenvalue weighted by molar-refractivity contribution is 5.85. The summed E-state index contributed by atoms with van der Waals surface area (Å²) < 4.78 is 53.5. The molecule has 0 aromatic heterocycles. The minimum Gasteiger partial charge on any atom is -0.406 e. The highest BCUT2D eigenvalue weighted by atomic mass is 35.5. The molecule has 0 saturated carbocycles. The molecule has 2 aromatic carbocycles. The third-order valence-electron chi connectivity index (χ3n) is 3.03. The van der Waals surface area contributed by atoms with Crippen molar-refractivity contribution in [1.29, 1.82) is 0 Å². The maximum Gasteiger partial charge on any atom is 0.573 e. The smallest absolute Gasteiger partial charge is 0.406 e. The van der Waals surface area contributed by atoms with Gasteiger partial charge in [0.25, 0.3) is 0 Å². The second-order valence-corrected chi connectivity index (χ2v) is 4.60. The molecule has 2 aromatic rings. The van der Waals surface area contributed by atoms with Crippen LogP contribution in [0.5, 0.6) is 5.75 Å². The zero-order valence-corrected chi connectivity index (χ0v) is 12.3. The van der Waals surface area contributed by atoms with Crippen molar-refractivity contribution in [2.45, 2.75) is 19.3 Å². The molecule has 0 aliphatic rings. The van der Waals surface area contributed by atoms with E-state index in [1.165, 1.54) is 30.3 Å². The molecule has 0 heterocycles. The largest absolute Gasteiger partial charge is 0.573 e. The first-order valence-corrected chi connectivity index (χ1v) is 6.13. The topological polar surface area (TPSA) is 35.2 Å². The Bertz CT molecular complexity index is 628. The van der Waals surface area contributed by atoms with Crippen LogP contribution in [0.25, 0.3) is 0 Å². The number of alkyl halides is 3. The quantitative estimate of drug-likeness (QED) is 0.838. The van der Waals surface area contributed by atoms with Crippen LogP contribution in [-0.4, -0.2) is 6.36 Å². The number of hydrogen-bond donors (Lipinski definition) is 1. The van der Waals surface area contributed by atoms with Crippen LogP contribution >= 0.6 is 12.4 Å². The molecule has 0 spiro atoms. The monoisotopic (exact) mass is 335 g/mol. The summed E-state index contributed by atoms with van der Waals surface area (Å²) in [4.78, 5) is 0. The Morgan fingerprint density at radius 2 is 1.55 bits per heavy atom. The van der Waals surface area contributed by atoms with Gasteiger partial charge < -0.3 is 10.5 Å². The molecule has 2 nitrogen and oxygen atoms in total. The van der Waals surface area contributed by atoms with E-state index in [1.54, 1.807) is 19.1 Å². The standard InChI is InChI=1S/C15H13F4NO.ClH/c1-9-2-3-11(8-13(9)16)14(20)10-4-6-12(7-5-10)21-15(17,18)19;/h2-8,14H,20H2,1H3;1H/t14-;/m0./s1. The molecule has 2 N–H and O–H groups in total. The Labute approximate surface area is 131 Å². The van der Waals surface area contributed by atoms with Crippen LogP contribution < -0.4 is 10.5 Å². The van der Waals surface area contributed by atoms with Crippen molar-refractivity contribution in [2.24, 2.45) is 5.73 Å². The Balaban J connectivity index is 0.00000242. The zero-order valence-electron chi connectivity index (χ0n) is 11.5. The van der Waals surface area contributed by atoms with Gasteiger partial charge in [-0.05, 0) is 41.8 Å². The Kier molecular flexibility index (Phi) is 5.79. The van der Waals surface area contributed by atoms with Crippen LogP contribution in [0.2, 0.25) is 0 Å². The van der Waals surface area contributed by atoms with E-state index in [9.17, 15) is 17.6 Å². The third kappa shape index (κ3) is 4.61. The lowest BCUT2D eigenvalue weighted by atomic mass is 9.98. The fourth-order valence-electron chi connectivity index (χ4n) is 1.87. The third-order valence-corrected chi connectivity index (χ3v) is 3.03. The maximum atomic E-state index is 13.5. The summed E-state index contributed by atoms with van der Waals surface area (Å²) in [5, 5.41) is 0. The molecule has 1 atom stereocenters. The first-order chi connectivity index (χ1) is 9.76. The van der Waals surface area contributed by atoms with Crippen LogP contribution in [0.4, 0.5) is 17.6 Å². The van der Waals surface area contributed by atoms with Gasteiger partial charge in [0, 0.05) is 0 Å². The molecule has 120 valence electrons. The minimum atomic E-state index is -4.73. The molecular weight excluding hydrogens is 322 g/mol. The average Bonchev–Trinajstić information content (AvgIpc) is 2.40. The molecule has 7 heteroatoms. The van der Waals surface area contributed by atoms with E-state index >= 15 is 0 Å². The molecule has 0 aliphatic heterocycles. The lowest BCUT2D eigenvalue weighted by Crippen LogP contribution is -2.17. The van der Waals surface area contributed by atoms with Crippen LogP contribution in [0.3, 0.4) is 0 Å². The number of rotatable bonds is 3. The van der Waals surface area contributed by atoms with Crippen LogP contribution in [-0.2, 0) is 0 Å². The van der Waals surface area contributed by atoms with Gasteiger partial charge in [-0.2, -0.15) is 0 Å². The minimum absolute atomic E-state index is 0. The summed E-state index contributed by atoms with van der Waals surface area (Å²) in [6.45, 7) is 1.63. The number of nitrogens with two attached hydrogens (primary N) is 1. The SMILES string of the molecule is Cc1ccc([C@@H](N)c2ccc(OC(F)(F)F)cc2)cc1F.Cl. The lowest BCUT2D eigenvalue weighted by Gasteiger charge is -2.14. The summed E-state index contributed by atoms with van der Waals surface area (Å²) in [6.07, 6.45) is -4.73. The predicted octanol–water partition coefficient (Wildman–Crippen LogP) is 4.50. The molecule has 0 unspecified atom stereocenters. The molecule has 0 bridgehead atoms. The predicted molar refractivity (Wildman–Crippen MR) is 77.5 cm³/mol. The van der Waals surface area contributed by atoms with Gasteiger partial charge in [-0.3, -0.25) is 0 Å². The number of aryl methyl sites for hydroxylation is 1. The number of benzene rings is 2. The van der Waals surface area contributed by atoms with E-state index < -0.39 is 12.4 Å². The van der Waals surface area contributed by atoms with Gasteiger partial charge in [-0.1, -0.05) is 24.3 Å². The van der Waals surface area contributed by atoms with Gasteiger partial charge in [-0.15, -0.1) is 25.6 Å². The second-order valence-electron chi connectivity index (χ2n) is 4.60. The van der Waals surface area contributed by atoms with Crippen LogP contribution in [0, 0.1) is 12.7 Å².